The van der Waals surface area contributed by atoms with E-state index in [1.807, 2.05) is 35.2 Å². The fourth-order valence-electron chi connectivity index (χ4n) is 5.60. The Morgan fingerprint density at radius 2 is 1.70 bits per heavy atom. The lowest BCUT2D eigenvalue weighted by Crippen LogP contribution is -2.56. The quantitative estimate of drug-likeness (QED) is 0.371. The average molecular weight is 639 g/mol. The summed E-state index contributed by atoms with van der Waals surface area (Å²) in [5.41, 5.74) is 0.0799. The summed E-state index contributed by atoms with van der Waals surface area (Å²) in [6.07, 6.45) is 2.20. The molecule has 2 aliphatic heterocycles. The van der Waals surface area contributed by atoms with Crippen molar-refractivity contribution < 1.29 is 33.8 Å². The first-order valence-corrected chi connectivity index (χ1v) is 16.0. The van der Waals surface area contributed by atoms with E-state index in [2.05, 4.69) is 10.3 Å². The van der Waals surface area contributed by atoms with Gasteiger partial charge in [-0.05, 0) is 53.4 Å². The smallest absolute Gasteiger partial charge is 0.409 e. The number of nitrogens with one attached hydrogen (secondary N) is 1. The number of hydrogen-bond donors (Lipinski definition) is 2. The largest absolute Gasteiger partial charge is 0.460 e. The predicted octanol–water partition coefficient (Wildman–Crippen LogP) is 3.02. The number of aliphatic hydroxyl groups is 1. The SMILES string of the molecule is CCOC(=O)N1CCN(C(=O)C(CCC(=O)OC(C)(C)C)NC(=O)c2cc(N3CCCCC3CO)nc(-c3ccccc3)n2)CC1. The molecule has 2 unspecified atom stereocenters. The maximum absolute atomic E-state index is 13.9. The second-order valence-electron chi connectivity index (χ2n) is 12.5. The summed E-state index contributed by atoms with van der Waals surface area (Å²) in [6, 6.07) is 9.69. The van der Waals surface area contributed by atoms with E-state index in [0.717, 1.165) is 19.3 Å². The van der Waals surface area contributed by atoms with Crippen LogP contribution in [0.15, 0.2) is 36.4 Å². The number of aromatic nitrogens is 2. The lowest BCUT2D eigenvalue weighted by molar-refractivity contribution is -0.155. The molecule has 13 nitrogen and oxygen atoms in total. The average Bonchev–Trinajstić information content (AvgIpc) is 3.05. The zero-order valence-electron chi connectivity index (χ0n) is 27.2. The monoisotopic (exact) mass is 638 g/mol. The van der Waals surface area contributed by atoms with Crippen molar-refractivity contribution in [2.24, 2.45) is 0 Å². The Morgan fingerprint density at radius 1 is 1.00 bits per heavy atom. The maximum atomic E-state index is 13.9. The molecular formula is C33H46N6O7. The van der Waals surface area contributed by atoms with Gasteiger partial charge in [0.05, 0.1) is 19.3 Å². The first kappa shape index (κ1) is 34.6. The summed E-state index contributed by atoms with van der Waals surface area (Å²) in [4.78, 5) is 66.9. The second kappa shape index (κ2) is 15.8. The number of rotatable bonds is 10. The predicted molar refractivity (Wildman–Crippen MR) is 171 cm³/mol. The zero-order valence-corrected chi connectivity index (χ0v) is 27.2. The van der Waals surface area contributed by atoms with Gasteiger partial charge in [-0.2, -0.15) is 0 Å². The highest BCUT2D eigenvalue weighted by Crippen LogP contribution is 2.26. The van der Waals surface area contributed by atoms with E-state index in [4.69, 9.17) is 14.5 Å². The number of aliphatic hydroxyl groups excluding tert-OH is 1. The van der Waals surface area contributed by atoms with E-state index in [9.17, 15) is 24.3 Å². The minimum Gasteiger partial charge on any atom is -0.460 e. The summed E-state index contributed by atoms with van der Waals surface area (Å²) >= 11 is 0. The van der Waals surface area contributed by atoms with Crippen LogP contribution in [-0.2, 0) is 19.1 Å². The highest BCUT2D eigenvalue weighted by atomic mass is 16.6. The lowest BCUT2D eigenvalue weighted by atomic mass is 10.0. The molecule has 2 fully saturated rings. The van der Waals surface area contributed by atoms with Crippen molar-refractivity contribution in [2.75, 3.05) is 50.8 Å². The van der Waals surface area contributed by atoms with Crippen LogP contribution in [0.5, 0.6) is 0 Å². The van der Waals surface area contributed by atoms with Gasteiger partial charge in [-0.25, -0.2) is 14.8 Å². The van der Waals surface area contributed by atoms with Gasteiger partial charge in [0.2, 0.25) is 5.91 Å². The maximum Gasteiger partial charge on any atom is 0.409 e. The fourth-order valence-corrected chi connectivity index (χ4v) is 5.60. The topological polar surface area (TPSA) is 154 Å². The van der Waals surface area contributed by atoms with E-state index in [-0.39, 0.29) is 69.9 Å². The van der Waals surface area contributed by atoms with E-state index < -0.39 is 29.6 Å². The Bertz CT molecular complexity index is 1360. The minimum atomic E-state index is -1.05. The summed E-state index contributed by atoms with van der Waals surface area (Å²) in [5.74, 6) is -0.579. The van der Waals surface area contributed by atoms with Gasteiger partial charge in [-0.15, -0.1) is 0 Å². The molecule has 1 aromatic carbocycles. The fraction of sp³-hybridized carbons (Fsp3) is 0.576. The van der Waals surface area contributed by atoms with Crippen LogP contribution >= 0.6 is 0 Å². The molecule has 0 aliphatic carbocycles. The number of anilines is 1. The van der Waals surface area contributed by atoms with Gasteiger partial charge < -0.3 is 34.6 Å². The molecule has 3 heterocycles. The van der Waals surface area contributed by atoms with Crippen LogP contribution in [0.1, 0.15) is 70.3 Å². The molecule has 2 saturated heterocycles. The molecule has 4 rings (SSSR count). The van der Waals surface area contributed by atoms with Gasteiger partial charge >= 0.3 is 12.1 Å². The van der Waals surface area contributed by atoms with E-state index >= 15 is 0 Å². The van der Waals surface area contributed by atoms with Gasteiger partial charge in [0.25, 0.3) is 5.91 Å². The summed E-state index contributed by atoms with van der Waals surface area (Å²) in [5, 5.41) is 12.9. The van der Waals surface area contributed by atoms with Crippen LogP contribution in [0.25, 0.3) is 11.4 Å². The van der Waals surface area contributed by atoms with Crippen LogP contribution in [-0.4, -0.2) is 112 Å². The highest BCUT2D eigenvalue weighted by molar-refractivity contribution is 5.97. The van der Waals surface area contributed by atoms with Crippen molar-refractivity contribution in [3.63, 3.8) is 0 Å². The Kier molecular flexibility index (Phi) is 11.9. The Labute approximate surface area is 270 Å². The molecule has 2 N–H and O–H groups in total. The number of ether oxygens (including phenoxy) is 2. The first-order valence-electron chi connectivity index (χ1n) is 16.0. The van der Waals surface area contributed by atoms with Crippen molar-refractivity contribution in [3.8, 4) is 11.4 Å². The Balaban J connectivity index is 1.59. The third-order valence-corrected chi connectivity index (χ3v) is 7.89. The van der Waals surface area contributed by atoms with Gasteiger partial charge in [0.15, 0.2) is 5.82 Å². The Morgan fingerprint density at radius 3 is 2.35 bits per heavy atom. The summed E-state index contributed by atoms with van der Waals surface area (Å²) in [6.45, 7) is 8.99. The lowest BCUT2D eigenvalue weighted by Gasteiger charge is -2.36. The molecule has 0 spiro atoms. The second-order valence-corrected chi connectivity index (χ2v) is 12.5. The van der Waals surface area contributed by atoms with E-state index in [1.54, 1.807) is 38.7 Å². The van der Waals surface area contributed by atoms with E-state index in [1.165, 1.54) is 4.90 Å². The highest BCUT2D eigenvalue weighted by Gasteiger charge is 2.32. The molecule has 3 amide bonds. The number of esters is 1. The molecular weight excluding hydrogens is 592 g/mol. The molecule has 2 atom stereocenters. The van der Waals surface area contributed by atoms with Gasteiger partial charge in [-0.3, -0.25) is 14.4 Å². The molecule has 13 heteroatoms. The van der Waals surface area contributed by atoms with Gasteiger partial charge in [0, 0.05) is 50.8 Å². The van der Waals surface area contributed by atoms with E-state index in [0.29, 0.717) is 23.8 Å². The molecule has 0 radical (unpaired) electrons. The van der Waals surface area contributed by atoms with Gasteiger partial charge in [-0.1, -0.05) is 30.3 Å². The normalized spacial score (nSPS) is 17.7. The van der Waals surface area contributed by atoms with Crippen LogP contribution < -0.4 is 10.2 Å². The molecule has 0 bridgehead atoms. The zero-order chi connectivity index (χ0) is 33.3. The molecule has 46 heavy (non-hydrogen) atoms. The number of carbonyl (C=O) groups excluding carboxylic acids is 4. The van der Waals surface area contributed by atoms with Crippen molar-refractivity contribution in [2.45, 2.75) is 77.5 Å². The van der Waals surface area contributed by atoms with Crippen LogP contribution in [0, 0.1) is 0 Å². The van der Waals surface area contributed by atoms with Crippen LogP contribution in [0.2, 0.25) is 0 Å². The van der Waals surface area contributed by atoms with Crippen molar-refractivity contribution in [3.05, 3.63) is 42.1 Å². The first-order chi connectivity index (χ1) is 22.0. The molecule has 250 valence electrons. The summed E-state index contributed by atoms with van der Waals surface area (Å²) in [7, 11) is 0. The summed E-state index contributed by atoms with van der Waals surface area (Å²) < 4.78 is 10.5. The van der Waals surface area contributed by atoms with Crippen molar-refractivity contribution in [1.82, 2.24) is 25.1 Å². The number of nitrogens with zero attached hydrogens (tertiary/aromatic N) is 5. The molecule has 2 aliphatic rings. The number of piperazine rings is 1. The van der Waals surface area contributed by atoms with Crippen molar-refractivity contribution >= 4 is 29.7 Å². The number of benzene rings is 1. The molecule has 1 aromatic heterocycles. The number of amides is 3. The van der Waals surface area contributed by atoms with Crippen molar-refractivity contribution in [1.29, 1.82) is 0 Å². The number of piperidine rings is 1. The van der Waals surface area contributed by atoms with Crippen LogP contribution in [0.3, 0.4) is 0 Å². The number of hydrogen-bond acceptors (Lipinski definition) is 10. The number of carbonyl (C=O) groups is 4. The van der Waals surface area contributed by atoms with Gasteiger partial charge in [0.1, 0.15) is 23.2 Å². The van der Waals surface area contributed by atoms with Crippen LogP contribution in [0.4, 0.5) is 10.6 Å². The minimum absolute atomic E-state index is 0.0137. The Hall–Kier alpha value is -4.26. The third kappa shape index (κ3) is 9.38. The standard InChI is InChI=1S/C33H46N6O7/c1-5-45-32(44)38-19-17-37(18-20-38)31(43)25(14-15-28(41)46-33(2,3)4)35-30(42)26-21-27(39-16-10-9-13-24(39)22-40)36-29(34-26)23-11-7-6-8-12-23/h6-8,11-12,21,24-25,40H,5,9-10,13-20,22H2,1-4H3,(H,35,42). The molecule has 0 saturated carbocycles. The third-order valence-electron chi connectivity index (χ3n) is 7.89. The molecule has 2 aromatic rings.